The van der Waals surface area contributed by atoms with Crippen molar-refractivity contribution in [3.63, 3.8) is 0 Å². The Labute approximate surface area is 238 Å². The van der Waals surface area contributed by atoms with Gasteiger partial charge in [0.1, 0.15) is 11.6 Å². The number of aromatic nitrogens is 1. The number of hydrogen-bond acceptors (Lipinski definition) is 7. The number of amides is 2. The van der Waals surface area contributed by atoms with Crippen molar-refractivity contribution in [1.29, 1.82) is 0 Å². The maximum absolute atomic E-state index is 13.3. The molecule has 0 radical (unpaired) electrons. The molecule has 1 aromatic heterocycles. The van der Waals surface area contributed by atoms with Gasteiger partial charge < -0.3 is 14.9 Å². The van der Waals surface area contributed by atoms with Crippen molar-refractivity contribution in [3.8, 4) is 17.4 Å². The average molecular weight is 577 g/mol. The fraction of sp³-hybridized carbons (Fsp3) is 0.200. The van der Waals surface area contributed by atoms with Gasteiger partial charge >= 0.3 is 6.03 Å². The summed E-state index contributed by atoms with van der Waals surface area (Å²) >= 11 is 0. The summed E-state index contributed by atoms with van der Waals surface area (Å²) in [5.74, 6) is 0.979. The number of piperidine rings is 1. The van der Waals surface area contributed by atoms with Crippen LogP contribution in [-0.4, -0.2) is 49.9 Å². The smallest absolute Gasteiger partial charge is 0.326 e. The van der Waals surface area contributed by atoms with Crippen molar-refractivity contribution < 1.29 is 27.2 Å². The van der Waals surface area contributed by atoms with Crippen LogP contribution in [0.5, 0.6) is 17.4 Å². The van der Waals surface area contributed by atoms with Gasteiger partial charge in [-0.2, -0.15) is 0 Å². The number of carbonyl (C=O) groups is 1. The normalized spacial score (nSPS) is 14.3. The molecule has 1 fully saturated rings. The van der Waals surface area contributed by atoms with Crippen molar-refractivity contribution in [2.45, 2.75) is 23.8 Å². The minimum atomic E-state index is -3.28. The number of hydrogen-bond donors (Lipinski definition) is 1. The quantitative estimate of drug-likeness (QED) is 0.278. The van der Waals surface area contributed by atoms with Gasteiger partial charge in [0.05, 0.1) is 11.1 Å². The summed E-state index contributed by atoms with van der Waals surface area (Å²) in [6.07, 6.45) is 4.05. The van der Waals surface area contributed by atoms with E-state index in [1.807, 2.05) is 35.4 Å². The van der Waals surface area contributed by atoms with Crippen LogP contribution in [0.3, 0.4) is 0 Å². The van der Waals surface area contributed by atoms with E-state index in [9.17, 15) is 17.6 Å². The molecule has 0 spiro atoms. The summed E-state index contributed by atoms with van der Waals surface area (Å²) in [6.45, 7) is 1.17. The van der Waals surface area contributed by atoms with Gasteiger partial charge in [0.2, 0.25) is 5.88 Å². The van der Waals surface area contributed by atoms with Gasteiger partial charge in [-0.25, -0.2) is 22.6 Å². The van der Waals surface area contributed by atoms with Gasteiger partial charge in [-0.3, -0.25) is 4.90 Å². The number of nitrogens with one attached hydrogen (secondary N) is 1. The molecule has 212 valence electrons. The Hall–Kier alpha value is -4.48. The van der Waals surface area contributed by atoms with Crippen LogP contribution in [0.1, 0.15) is 12.8 Å². The lowest BCUT2D eigenvalue weighted by Crippen LogP contribution is -2.49. The Bertz CT molecular complexity index is 1560. The Morgan fingerprint density at radius 1 is 0.927 bits per heavy atom. The maximum Gasteiger partial charge on any atom is 0.326 e. The van der Waals surface area contributed by atoms with Crippen molar-refractivity contribution >= 4 is 27.2 Å². The average Bonchev–Trinajstić information content (AvgIpc) is 2.97. The van der Waals surface area contributed by atoms with Crippen LogP contribution in [-0.2, 0) is 9.84 Å². The molecule has 1 saturated heterocycles. The van der Waals surface area contributed by atoms with Gasteiger partial charge in [0.15, 0.2) is 15.6 Å². The summed E-state index contributed by atoms with van der Waals surface area (Å²) in [5, 5.41) is 4.71. The number of urea groups is 1. The fourth-order valence-electron chi connectivity index (χ4n) is 4.50. The number of ether oxygens (including phenoxy) is 1. The highest BCUT2D eigenvalue weighted by Crippen LogP contribution is 2.27. The molecule has 1 aliphatic heterocycles. The second kappa shape index (κ2) is 12.4. The molecule has 0 bridgehead atoms. The molecule has 2 amide bonds. The number of benzene rings is 3. The van der Waals surface area contributed by atoms with Crippen molar-refractivity contribution in [1.82, 2.24) is 10.0 Å². The Balaban J connectivity index is 1.18. The van der Waals surface area contributed by atoms with Crippen molar-refractivity contribution in [2.24, 2.45) is 0 Å². The first-order valence-corrected chi connectivity index (χ1v) is 14.9. The molecule has 0 saturated carbocycles. The van der Waals surface area contributed by atoms with E-state index in [-0.39, 0.29) is 22.8 Å². The predicted octanol–water partition coefficient (Wildman–Crippen LogP) is 5.91. The number of pyridine rings is 1. The zero-order valence-corrected chi connectivity index (χ0v) is 23.1. The molecule has 2 heterocycles. The van der Waals surface area contributed by atoms with Gasteiger partial charge in [-0.1, -0.05) is 18.2 Å². The summed E-state index contributed by atoms with van der Waals surface area (Å²) in [6, 6.07) is 24.3. The van der Waals surface area contributed by atoms with E-state index in [0.717, 1.165) is 11.9 Å². The number of anilines is 2. The third-order valence-electron chi connectivity index (χ3n) is 6.56. The number of carbonyl (C=O) groups excluding carboxylic acids is 1. The first-order valence-electron chi connectivity index (χ1n) is 13.0. The van der Waals surface area contributed by atoms with E-state index >= 15 is 0 Å². The number of nitrogens with zero attached hydrogens (tertiary/aromatic N) is 3. The molecule has 3 aromatic carbocycles. The van der Waals surface area contributed by atoms with Crippen LogP contribution in [0, 0.1) is 5.82 Å². The molecule has 5 rings (SSSR count). The zero-order chi connectivity index (χ0) is 28.8. The van der Waals surface area contributed by atoms with E-state index in [2.05, 4.69) is 10.3 Å². The van der Waals surface area contributed by atoms with Gasteiger partial charge in [0.25, 0.3) is 0 Å². The minimum Gasteiger partial charge on any atom is -0.439 e. The molecule has 0 unspecified atom stereocenters. The monoisotopic (exact) mass is 576 g/mol. The Morgan fingerprint density at radius 3 is 2.20 bits per heavy atom. The van der Waals surface area contributed by atoms with Gasteiger partial charge in [-0.15, -0.1) is 5.06 Å². The number of hydroxylamine groups is 2. The first kappa shape index (κ1) is 28.1. The summed E-state index contributed by atoms with van der Waals surface area (Å²) in [5.41, 5.74) is 1.29. The third kappa shape index (κ3) is 7.38. The molecule has 4 aromatic rings. The Morgan fingerprint density at radius 2 is 1.59 bits per heavy atom. The fourth-order valence-corrected chi connectivity index (χ4v) is 5.13. The molecule has 11 heteroatoms. The molecule has 41 heavy (non-hydrogen) atoms. The van der Waals surface area contributed by atoms with E-state index in [1.54, 1.807) is 35.4 Å². The second-order valence-corrected chi connectivity index (χ2v) is 11.6. The summed E-state index contributed by atoms with van der Waals surface area (Å²) in [7, 11) is -3.28. The molecule has 0 aliphatic carbocycles. The van der Waals surface area contributed by atoms with Crippen LogP contribution in [0.15, 0.2) is 102 Å². The Kier molecular flexibility index (Phi) is 8.46. The topological polar surface area (TPSA) is 101 Å². The molecule has 0 atom stereocenters. The summed E-state index contributed by atoms with van der Waals surface area (Å²) in [4.78, 5) is 25.6. The van der Waals surface area contributed by atoms with Gasteiger partial charge in [-0.05, 0) is 79.6 Å². The van der Waals surface area contributed by atoms with E-state index in [4.69, 9.17) is 9.57 Å². The van der Waals surface area contributed by atoms with E-state index in [0.29, 0.717) is 49.0 Å². The van der Waals surface area contributed by atoms with Crippen molar-refractivity contribution in [2.75, 3.05) is 29.6 Å². The number of sulfone groups is 1. The lowest BCUT2D eigenvalue weighted by Gasteiger charge is -2.37. The molecule has 1 aliphatic rings. The minimum absolute atomic E-state index is 0.0688. The first-order chi connectivity index (χ1) is 19.7. The van der Waals surface area contributed by atoms with Crippen LogP contribution >= 0.6 is 0 Å². The molecular weight excluding hydrogens is 547 g/mol. The lowest BCUT2D eigenvalue weighted by molar-refractivity contribution is -0.0752. The molecular formula is C30H29FN4O5S. The maximum atomic E-state index is 13.3. The standard InChI is InChI=1S/C30H29FN4O5S/c1-41(37,38)28-14-11-26(12-15-28)39-29-16-13-27(21-32-29)40-34-19-17-25(18-20-34)35(24-5-3-2-4-6-24)30(36)33-23-9-7-22(31)8-10-23/h2-16,21,25H,17-20H2,1H3,(H,33,36). The van der Waals surface area contributed by atoms with E-state index < -0.39 is 9.84 Å². The van der Waals surface area contributed by atoms with Crippen LogP contribution in [0.4, 0.5) is 20.6 Å². The number of rotatable bonds is 8. The van der Waals surface area contributed by atoms with Crippen LogP contribution in [0.25, 0.3) is 0 Å². The third-order valence-corrected chi connectivity index (χ3v) is 7.68. The number of para-hydroxylation sites is 1. The molecule has 9 nitrogen and oxygen atoms in total. The SMILES string of the molecule is CS(=O)(=O)c1ccc(Oc2ccc(ON3CCC(N(C(=O)Nc4ccc(F)cc4)c4ccccc4)CC3)cn2)cc1. The highest BCUT2D eigenvalue weighted by Gasteiger charge is 2.30. The highest BCUT2D eigenvalue weighted by atomic mass is 32.2. The highest BCUT2D eigenvalue weighted by molar-refractivity contribution is 7.90. The zero-order valence-electron chi connectivity index (χ0n) is 22.3. The second-order valence-electron chi connectivity index (χ2n) is 9.57. The summed E-state index contributed by atoms with van der Waals surface area (Å²) < 4.78 is 42.3. The largest absolute Gasteiger partial charge is 0.439 e. The predicted molar refractivity (Wildman–Crippen MR) is 153 cm³/mol. The number of halogens is 1. The lowest BCUT2D eigenvalue weighted by atomic mass is 10.0. The van der Waals surface area contributed by atoms with E-state index in [1.165, 1.54) is 36.4 Å². The van der Waals surface area contributed by atoms with Crippen LogP contribution < -0.4 is 19.8 Å². The van der Waals surface area contributed by atoms with Crippen molar-refractivity contribution in [3.05, 3.63) is 103 Å². The van der Waals surface area contributed by atoms with Crippen LogP contribution in [0.2, 0.25) is 0 Å². The van der Waals surface area contributed by atoms with Gasteiger partial charge in [0, 0.05) is 42.8 Å². The molecule has 1 N–H and O–H groups in total.